The SMILES string of the molecule is CCC1CCC(C)(CCF)CC1. The summed E-state index contributed by atoms with van der Waals surface area (Å²) in [7, 11) is 0. The van der Waals surface area contributed by atoms with Crippen molar-refractivity contribution in [3.05, 3.63) is 0 Å². The van der Waals surface area contributed by atoms with Gasteiger partial charge in [-0.15, -0.1) is 0 Å². The molecule has 0 saturated heterocycles. The predicted octanol–water partition coefficient (Wildman–Crippen LogP) is 3.95. The Balaban J connectivity index is 2.33. The second kappa shape index (κ2) is 4.25. The maximum absolute atomic E-state index is 12.2. The molecule has 0 heterocycles. The van der Waals surface area contributed by atoms with Crippen LogP contribution in [0.4, 0.5) is 4.39 Å². The van der Waals surface area contributed by atoms with Crippen molar-refractivity contribution in [3.63, 3.8) is 0 Å². The van der Waals surface area contributed by atoms with E-state index >= 15 is 0 Å². The molecule has 1 saturated carbocycles. The second-order valence-corrected chi connectivity index (χ2v) is 4.60. The normalized spacial score (nSPS) is 36.8. The summed E-state index contributed by atoms with van der Waals surface area (Å²) in [5, 5.41) is 0. The topological polar surface area (TPSA) is 0 Å². The first-order chi connectivity index (χ1) is 5.70. The van der Waals surface area contributed by atoms with E-state index in [0.717, 1.165) is 12.3 Å². The van der Waals surface area contributed by atoms with E-state index in [2.05, 4.69) is 13.8 Å². The molecule has 0 N–H and O–H groups in total. The highest BCUT2D eigenvalue weighted by molar-refractivity contribution is 4.81. The summed E-state index contributed by atoms with van der Waals surface area (Å²) in [6.45, 7) is 4.38. The summed E-state index contributed by atoms with van der Waals surface area (Å²) in [6, 6.07) is 0. The van der Waals surface area contributed by atoms with Crippen LogP contribution in [0.2, 0.25) is 0 Å². The molecule has 1 fully saturated rings. The highest BCUT2D eigenvalue weighted by atomic mass is 19.1. The summed E-state index contributed by atoms with van der Waals surface area (Å²) in [5.41, 5.74) is 0.334. The van der Waals surface area contributed by atoms with Gasteiger partial charge >= 0.3 is 0 Å². The van der Waals surface area contributed by atoms with Gasteiger partial charge in [0.1, 0.15) is 0 Å². The number of alkyl halides is 1. The van der Waals surface area contributed by atoms with Gasteiger partial charge in [-0.1, -0.05) is 20.3 Å². The molecule has 0 aromatic carbocycles. The smallest absolute Gasteiger partial charge is 0.0899 e. The largest absolute Gasteiger partial charge is 0.251 e. The first-order valence-electron chi connectivity index (χ1n) is 5.26. The molecule has 0 aliphatic heterocycles. The first kappa shape index (κ1) is 10.0. The zero-order valence-electron chi connectivity index (χ0n) is 8.41. The molecule has 0 atom stereocenters. The molecule has 1 aliphatic carbocycles. The maximum atomic E-state index is 12.2. The summed E-state index contributed by atoms with van der Waals surface area (Å²) < 4.78 is 12.2. The number of rotatable bonds is 3. The van der Waals surface area contributed by atoms with Crippen LogP contribution in [0.25, 0.3) is 0 Å². The van der Waals surface area contributed by atoms with E-state index in [1.165, 1.54) is 32.1 Å². The minimum Gasteiger partial charge on any atom is -0.251 e. The molecule has 0 bridgehead atoms. The number of halogens is 1. The van der Waals surface area contributed by atoms with Crippen LogP contribution in [0.3, 0.4) is 0 Å². The Labute approximate surface area is 75.5 Å². The fourth-order valence-corrected chi connectivity index (χ4v) is 2.26. The van der Waals surface area contributed by atoms with Gasteiger partial charge in [-0.3, -0.25) is 4.39 Å². The summed E-state index contributed by atoms with van der Waals surface area (Å²) >= 11 is 0. The molecule has 1 heteroatoms. The van der Waals surface area contributed by atoms with Crippen LogP contribution in [-0.4, -0.2) is 6.67 Å². The van der Waals surface area contributed by atoms with Crippen molar-refractivity contribution in [1.29, 1.82) is 0 Å². The van der Waals surface area contributed by atoms with Crippen LogP contribution < -0.4 is 0 Å². The van der Waals surface area contributed by atoms with Crippen LogP contribution in [-0.2, 0) is 0 Å². The summed E-state index contributed by atoms with van der Waals surface area (Å²) in [6.07, 6.45) is 7.24. The summed E-state index contributed by atoms with van der Waals surface area (Å²) in [4.78, 5) is 0. The molecule has 12 heavy (non-hydrogen) atoms. The molecule has 0 amide bonds. The zero-order chi connectivity index (χ0) is 9.03. The Bertz CT molecular complexity index is 123. The monoisotopic (exact) mass is 172 g/mol. The molecule has 0 spiro atoms. The number of hydrogen-bond donors (Lipinski definition) is 0. The predicted molar refractivity (Wildman–Crippen MR) is 50.9 cm³/mol. The number of hydrogen-bond acceptors (Lipinski definition) is 0. The quantitative estimate of drug-likeness (QED) is 0.604. The third-order valence-corrected chi connectivity index (χ3v) is 3.59. The molecule has 0 aromatic heterocycles. The molecule has 0 radical (unpaired) electrons. The van der Waals surface area contributed by atoms with Gasteiger partial charge in [-0.2, -0.15) is 0 Å². The molecular formula is C11H21F. The lowest BCUT2D eigenvalue weighted by Gasteiger charge is -2.36. The maximum Gasteiger partial charge on any atom is 0.0899 e. The van der Waals surface area contributed by atoms with Crippen molar-refractivity contribution in [2.75, 3.05) is 6.67 Å². The minimum atomic E-state index is -0.132. The van der Waals surface area contributed by atoms with E-state index in [9.17, 15) is 4.39 Å². The highest BCUT2D eigenvalue weighted by Crippen LogP contribution is 2.41. The van der Waals surface area contributed by atoms with Gasteiger partial charge < -0.3 is 0 Å². The Morgan fingerprint density at radius 3 is 2.33 bits per heavy atom. The Morgan fingerprint density at radius 1 is 1.33 bits per heavy atom. The van der Waals surface area contributed by atoms with Crippen LogP contribution >= 0.6 is 0 Å². The van der Waals surface area contributed by atoms with Crippen molar-refractivity contribution >= 4 is 0 Å². The van der Waals surface area contributed by atoms with E-state index in [4.69, 9.17) is 0 Å². The fourth-order valence-electron chi connectivity index (χ4n) is 2.26. The van der Waals surface area contributed by atoms with E-state index in [1.807, 2.05) is 0 Å². The van der Waals surface area contributed by atoms with Crippen molar-refractivity contribution in [3.8, 4) is 0 Å². The lowest BCUT2D eigenvalue weighted by atomic mass is 9.70. The van der Waals surface area contributed by atoms with Gasteiger partial charge in [0.25, 0.3) is 0 Å². The second-order valence-electron chi connectivity index (χ2n) is 4.60. The van der Waals surface area contributed by atoms with Gasteiger partial charge in [0.15, 0.2) is 0 Å². The summed E-state index contributed by atoms with van der Waals surface area (Å²) in [5.74, 6) is 0.928. The molecule has 0 aromatic rings. The van der Waals surface area contributed by atoms with Gasteiger partial charge in [0.05, 0.1) is 6.67 Å². The average molecular weight is 172 g/mol. The van der Waals surface area contributed by atoms with Crippen LogP contribution in [0, 0.1) is 11.3 Å². The zero-order valence-corrected chi connectivity index (χ0v) is 8.41. The van der Waals surface area contributed by atoms with Gasteiger partial charge in [-0.25, -0.2) is 0 Å². The minimum absolute atomic E-state index is 0.132. The first-order valence-corrected chi connectivity index (χ1v) is 5.26. The van der Waals surface area contributed by atoms with Crippen LogP contribution in [0.5, 0.6) is 0 Å². The van der Waals surface area contributed by atoms with Crippen molar-refractivity contribution in [2.45, 2.75) is 52.4 Å². The third kappa shape index (κ3) is 2.46. The Kier molecular flexibility index (Phi) is 3.54. The van der Waals surface area contributed by atoms with E-state index < -0.39 is 0 Å². The lowest BCUT2D eigenvalue weighted by Crippen LogP contribution is -2.24. The lowest BCUT2D eigenvalue weighted by molar-refractivity contribution is 0.143. The highest BCUT2D eigenvalue weighted by Gasteiger charge is 2.29. The van der Waals surface area contributed by atoms with Crippen molar-refractivity contribution in [1.82, 2.24) is 0 Å². The van der Waals surface area contributed by atoms with Gasteiger partial charge in [0.2, 0.25) is 0 Å². The van der Waals surface area contributed by atoms with Gasteiger partial charge in [-0.05, 0) is 43.4 Å². The Hall–Kier alpha value is -0.0700. The molecular weight excluding hydrogens is 151 g/mol. The van der Waals surface area contributed by atoms with E-state index in [1.54, 1.807) is 0 Å². The fraction of sp³-hybridized carbons (Fsp3) is 1.00. The van der Waals surface area contributed by atoms with Crippen LogP contribution in [0.15, 0.2) is 0 Å². The molecule has 72 valence electrons. The standard InChI is InChI=1S/C11H21F/c1-3-10-4-6-11(2,7-5-10)8-9-12/h10H,3-9H2,1-2H3. The van der Waals surface area contributed by atoms with E-state index in [-0.39, 0.29) is 6.67 Å². The van der Waals surface area contributed by atoms with E-state index in [0.29, 0.717) is 5.41 Å². The Morgan fingerprint density at radius 2 is 1.92 bits per heavy atom. The molecule has 1 rings (SSSR count). The van der Waals surface area contributed by atoms with Crippen molar-refractivity contribution < 1.29 is 4.39 Å². The van der Waals surface area contributed by atoms with Crippen molar-refractivity contribution in [2.24, 2.45) is 11.3 Å². The molecule has 0 nitrogen and oxygen atoms in total. The van der Waals surface area contributed by atoms with Crippen LogP contribution in [0.1, 0.15) is 52.4 Å². The third-order valence-electron chi connectivity index (χ3n) is 3.59. The molecule has 0 unspecified atom stereocenters. The average Bonchev–Trinajstić information content (AvgIpc) is 2.06. The molecule has 1 aliphatic rings. The van der Waals surface area contributed by atoms with Gasteiger partial charge in [0, 0.05) is 0 Å².